The molecule has 0 bridgehead atoms. The highest BCUT2D eigenvalue weighted by Crippen LogP contribution is 2.17. The largest absolute Gasteiger partial charge is 0.348 e. The van der Waals surface area contributed by atoms with E-state index in [4.69, 9.17) is 5.73 Å². The molecule has 3 rings (SSSR count). The van der Waals surface area contributed by atoms with Gasteiger partial charge >= 0.3 is 0 Å². The predicted molar refractivity (Wildman–Crippen MR) is 93.6 cm³/mol. The SMILES string of the molecule is Cl.Cl.NC1CCC(NC(=O)c2cc(-n3cccn3)ccn2)CC1. The Bertz CT molecular complexity index is 612. The third-order valence-electron chi connectivity index (χ3n) is 3.85. The maximum Gasteiger partial charge on any atom is 0.270 e. The summed E-state index contributed by atoms with van der Waals surface area (Å²) in [6, 6.07) is 5.89. The Kier molecular flexibility index (Phi) is 7.48. The van der Waals surface area contributed by atoms with Gasteiger partial charge in [0.05, 0.1) is 5.69 Å². The van der Waals surface area contributed by atoms with Crippen molar-refractivity contribution in [2.45, 2.75) is 37.8 Å². The molecule has 8 heteroatoms. The van der Waals surface area contributed by atoms with E-state index in [2.05, 4.69) is 15.4 Å². The number of rotatable bonds is 3. The number of halogens is 2. The minimum atomic E-state index is -0.135. The minimum Gasteiger partial charge on any atom is -0.348 e. The molecule has 0 unspecified atom stereocenters. The van der Waals surface area contributed by atoms with E-state index in [1.807, 2.05) is 18.3 Å². The van der Waals surface area contributed by atoms with Gasteiger partial charge in [-0.1, -0.05) is 0 Å². The van der Waals surface area contributed by atoms with Gasteiger partial charge in [0.1, 0.15) is 5.69 Å². The van der Waals surface area contributed by atoms with Gasteiger partial charge in [0.25, 0.3) is 5.91 Å². The summed E-state index contributed by atoms with van der Waals surface area (Å²) in [5.74, 6) is -0.135. The summed E-state index contributed by atoms with van der Waals surface area (Å²) in [5, 5.41) is 7.20. The van der Waals surface area contributed by atoms with Crippen molar-refractivity contribution in [2.24, 2.45) is 5.73 Å². The van der Waals surface area contributed by atoms with Gasteiger partial charge in [-0.05, 0) is 43.9 Å². The fourth-order valence-corrected chi connectivity index (χ4v) is 2.63. The summed E-state index contributed by atoms with van der Waals surface area (Å²) in [7, 11) is 0. The zero-order chi connectivity index (χ0) is 14.7. The van der Waals surface area contributed by atoms with Crippen LogP contribution in [0.4, 0.5) is 0 Å². The van der Waals surface area contributed by atoms with E-state index in [0.29, 0.717) is 5.69 Å². The number of pyridine rings is 1. The molecule has 6 nitrogen and oxygen atoms in total. The van der Waals surface area contributed by atoms with E-state index in [1.54, 1.807) is 23.1 Å². The number of nitrogens with zero attached hydrogens (tertiary/aromatic N) is 3. The summed E-state index contributed by atoms with van der Waals surface area (Å²) in [5.41, 5.74) is 7.12. The van der Waals surface area contributed by atoms with Crippen molar-refractivity contribution < 1.29 is 4.79 Å². The van der Waals surface area contributed by atoms with E-state index >= 15 is 0 Å². The van der Waals surface area contributed by atoms with Crippen molar-refractivity contribution >= 4 is 30.7 Å². The van der Waals surface area contributed by atoms with Crippen molar-refractivity contribution in [3.63, 3.8) is 0 Å². The van der Waals surface area contributed by atoms with Gasteiger partial charge < -0.3 is 11.1 Å². The number of hydrogen-bond donors (Lipinski definition) is 2. The van der Waals surface area contributed by atoms with Crippen molar-refractivity contribution in [1.82, 2.24) is 20.1 Å². The van der Waals surface area contributed by atoms with Gasteiger partial charge in [-0.15, -0.1) is 24.8 Å². The van der Waals surface area contributed by atoms with Crippen molar-refractivity contribution in [3.8, 4) is 5.69 Å². The van der Waals surface area contributed by atoms with Gasteiger partial charge in [-0.25, -0.2) is 4.68 Å². The molecule has 1 aliphatic rings. The van der Waals surface area contributed by atoms with E-state index < -0.39 is 0 Å². The molecule has 126 valence electrons. The van der Waals surface area contributed by atoms with Crippen LogP contribution < -0.4 is 11.1 Å². The van der Waals surface area contributed by atoms with Crippen LogP contribution in [-0.4, -0.2) is 32.8 Å². The van der Waals surface area contributed by atoms with Gasteiger partial charge in [0.2, 0.25) is 0 Å². The molecule has 0 atom stereocenters. The zero-order valence-corrected chi connectivity index (χ0v) is 14.2. The third-order valence-corrected chi connectivity index (χ3v) is 3.85. The quantitative estimate of drug-likeness (QED) is 0.880. The topological polar surface area (TPSA) is 85.8 Å². The molecule has 0 aliphatic heterocycles. The summed E-state index contributed by atoms with van der Waals surface area (Å²) < 4.78 is 1.71. The normalized spacial score (nSPS) is 20.0. The molecule has 3 N–H and O–H groups in total. The summed E-state index contributed by atoms with van der Waals surface area (Å²) in [6.07, 6.45) is 8.96. The number of nitrogens with one attached hydrogen (secondary N) is 1. The first-order valence-electron chi connectivity index (χ1n) is 7.25. The molecular weight excluding hydrogens is 337 g/mol. The summed E-state index contributed by atoms with van der Waals surface area (Å²) >= 11 is 0. The highest BCUT2D eigenvalue weighted by Gasteiger charge is 2.21. The van der Waals surface area contributed by atoms with Crippen LogP contribution in [0.5, 0.6) is 0 Å². The molecule has 2 heterocycles. The van der Waals surface area contributed by atoms with Crippen LogP contribution >= 0.6 is 24.8 Å². The molecule has 0 aromatic carbocycles. The Morgan fingerprint density at radius 1 is 1.22 bits per heavy atom. The Hall–Kier alpha value is -1.63. The number of hydrogen-bond acceptors (Lipinski definition) is 4. The van der Waals surface area contributed by atoms with E-state index in [9.17, 15) is 4.79 Å². The smallest absolute Gasteiger partial charge is 0.270 e. The Balaban J connectivity index is 0.00000132. The molecule has 1 aliphatic carbocycles. The Labute approximate surface area is 147 Å². The number of carbonyl (C=O) groups is 1. The van der Waals surface area contributed by atoms with Crippen molar-refractivity contribution in [1.29, 1.82) is 0 Å². The maximum atomic E-state index is 12.3. The van der Waals surface area contributed by atoms with Gasteiger partial charge in [0, 0.05) is 30.7 Å². The Morgan fingerprint density at radius 3 is 2.61 bits per heavy atom. The highest BCUT2D eigenvalue weighted by atomic mass is 35.5. The molecule has 0 radical (unpaired) electrons. The van der Waals surface area contributed by atoms with E-state index in [0.717, 1.165) is 31.4 Å². The summed E-state index contributed by atoms with van der Waals surface area (Å²) in [4.78, 5) is 16.4. The van der Waals surface area contributed by atoms with Crippen molar-refractivity contribution in [3.05, 3.63) is 42.5 Å². The lowest BCUT2D eigenvalue weighted by Crippen LogP contribution is -2.40. The first kappa shape index (κ1) is 19.4. The van der Waals surface area contributed by atoms with Crippen LogP contribution in [0.2, 0.25) is 0 Å². The zero-order valence-electron chi connectivity index (χ0n) is 12.6. The lowest BCUT2D eigenvalue weighted by molar-refractivity contribution is 0.0921. The maximum absolute atomic E-state index is 12.3. The molecule has 23 heavy (non-hydrogen) atoms. The lowest BCUT2D eigenvalue weighted by atomic mass is 9.92. The van der Waals surface area contributed by atoms with Crippen LogP contribution in [-0.2, 0) is 0 Å². The van der Waals surface area contributed by atoms with Crippen molar-refractivity contribution in [2.75, 3.05) is 0 Å². The van der Waals surface area contributed by atoms with Gasteiger partial charge in [-0.2, -0.15) is 5.10 Å². The second-order valence-electron chi connectivity index (χ2n) is 5.44. The molecule has 1 amide bonds. The van der Waals surface area contributed by atoms with E-state index in [-0.39, 0.29) is 42.8 Å². The molecule has 2 aromatic rings. The second kappa shape index (κ2) is 8.86. The first-order valence-corrected chi connectivity index (χ1v) is 7.25. The van der Waals surface area contributed by atoms with Crippen LogP contribution in [0.3, 0.4) is 0 Å². The fourth-order valence-electron chi connectivity index (χ4n) is 2.63. The van der Waals surface area contributed by atoms with Crippen LogP contribution in [0.25, 0.3) is 5.69 Å². The molecule has 2 aromatic heterocycles. The standard InChI is InChI=1S/C15H19N5O.2ClH/c16-11-2-4-12(5-3-11)19-15(21)14-10-13(6-8-17-14)20-9-1-7-18-20;;/h1,6-12H,2-5,16H2,(H,19,21);2*1H. The average Bonchev–Trinajstić information content (AvgIpc) is 3.04. The number of carbonyl (C=O) groups excluding carboxylic acids is 1. The second-order valence-corrected chi connectivity index (χ2v) is 5.44. The Morgan fingerprint density at radius 2 is 1.96 bits per heavy atom. The first-order chi connectivity index (χ1) is 10.2. The number of amides is 1. The van der Waals surface area contributed by atoms with Crippen LogP contribution in [0.15, 0.2) is 36.8 Å². The molecule has 1 fully saturated rings. The molecular formula is C15H21Cl2N5O. The monoisotopic (exact) mass is 357 g/mol. The van der Waals surface area contributed by atoms with Crippen LogP contribution in [0, 0.1) is 0 Å². The average molecular weight is 358 g/mol. The molecule has 0 spiro atoms. The summed E-state index contributed by atoms with van der Waals surface area (Å²) in [6.45, 7) is 0. The fraction of sp³-hybridized carbons (Fsp3) is 0.400. The highest BCUT2D eigenvalue weighted by molar-refractivity contribution is 5.92. The van der Waals surface area contributed by atoms with Gasteiger partial charge in [-0.3, -0.25) is 9.78 Å². The lowest BCUT2D eigenvalue weighted by Gasteiger charge is -2.26. The van der Waals surface area contributed by atoms with Gasteiger partial charge in [0.15, 0.2) is 0 Å². The van der Waals surface area contributed by atoms with Crippen LogP contribution in [0.1, 0.15) is 36.2 Å². The number of aromatic nitrogens is 3. The number of nitrogens with two attached hydrogens (primary N) is 1. The minimum absolute atomic E-state index is 0. The van der Waals surface area contributed by atoms with E-state index in [1.165, 1.54) is 0 Å². The molecule has 0 saturated heterocycles. The third kappa shape index (κ3) is 4.92. The predicted octanol–water partition coefficient (Wildman–Crippen LogP) is 2.11. The molecule has 1 saturated carbocycles.